The molecular formula is C19H30IN3O3. The minimum Gasteiger partial charge on any atom is -0.469 e. The molecule has 1 aromatic carbocycles. The molecule has 0 aliphatic carbocycles. The number of hydrogen-bond donors (Lipinski definition) is 1. The first kappa shape index (κ1) is 22.7. The van der Waals surface area contributed by atoms with Gasteiger partial charge in [0.15, 0.2) is 5.96 Å². The molecule has 0 unspecified atom stereocenters. The van der Waals surface area contributed by atoms with E-state index in [9.17, 15) is 4.79 Å². The van der Waals surface area contributed by atoms with E-state index in [0.717, 1.165) is 45.0 Å². The number of likely N-dealkylation sites (tertiary alicyclic amines) is 1. The number of guanidine groups is 1. The van der Waals surface area contributed by atoms with Crippen LogP contribution in [-0.4, -0.2) is 50.7 Å². The highest BCUT2D eigenvalue weighted by Crippen LogP contribution is 2.18. The van der Waals surface area contributed by atoms with E-state index in [0.29, 0.717) is 6.61 Å². The van der Waals surface area contributed by atoms with Crippen LogP contribution in [0.3, 0.4) is 0 Å². The van der Waals surface area contributed by atoms with Crippen molar-refractivity contribution >= 4 is 35.9 Å². The highest BCUT2D eigenvalue weighted by Gasteiger charge is 2.26. The molecule has 26 heavy (non-hydrogen) atoms. The fraction of sp³-hybridized carbons (Fsp3) is 0.579. The van der Waals surface area contributed by atoms with E-state index in [2.05, 4.69) is 39.5 Å². The largest absolute Gasteiger partial charge is 0.469 e. The second-order valence-corrected chi connectivity index (χ2v) is 6.14. The molecule has 1 heterocycles. The second kappa shape index (κ2) is 12.1. The Labute approximate surface area is 173 Å². The van der Waals surface area contributed by atoms with Crippen molar-refractivity contribution in [2.45, 2.75) is 32.9 Å². The zero-order chi connectivity index (χ0) is 18.1. The van der Waals surface area contributed by atoms with Gasteiger partial charge in [0.25, 0.3) is 0 Å². The highest BCUT2D eigenvalue weighted by atomic mass is 127. The zero-order valence-electron chi connectivity index (χ0n) is 15.9. The van der Waals surface area contributed by atoms with E-state index in [1.165, 1.54) is 18.2 Å². The lowest BCUT2D eigenvalue weighted by Crippen LogP contribution is -2.46. The van der Waals surface area contributed by atoms with E-state index in [4.69, 9.17) is 9.47 Å². The molecule has 2 rings (SSSR count). The summed E-state index contributed by atoms with van der Waals surface area (Å²) in [6.45, 7) is 5.73. The summed E-state index contributed by atoms with van der Waals surface area (Å²) in [6.07, 6.45) is 1.61. The summed E-state index contributed by atoms with van der Waals surface area (Å²) >= 11 is 0. The van der Waals surface area contributed by atoms with Crippen molar-refractivity contribution < 1.29 is 14.3 Å². The Kier molecular flexibility index (Phi) is 10.6. The smallest absolute Gasteiger partial charge is 0.308 e. The van der Waals surface area contributed by atoms with Gasteiger partial charge in [0.05, 0.1) is 19.6 Å². The maximum atomic E-state index is 11.6. The topological polar surface area (TPSA) is 63.2 Å². The Hall–Kier alpha value is -1.35. The van der Waals surface area contributed by atoms with Gasteiger partial charge in [-0.25, -0.2) is 0 Å². The van der Waals surface area contributed by atoms with Gasteiger partial charge in [-0.1, -0.05) is 24.3 Å². The Balaban J connectivity index is 0.00000338. The van der Waals surface area contributed by atoms with Crippen LogP contribution in [-0.2, 0) is 27.4 Å². The fourth-order valence-electron chi connectivity index (χ4n) is 2.98. The van der Waals surface area contributed by atoms with Crippen LogP contribution < -0.4 is 5.32 Å². The van der Waals surface area contributed by atoms with Gasteiger partial charge >= 0.3 is 5.97 Å². The van der Waals surface area contributed by atoms with E-state index in [1.807, 2.05) is 6.92 Å². The van der Waals surface area contributed by atoms with Crippen molar-refractivity contribution in [3.8, 4) is 0 Å². The maximum absolute atomic E-state index is 11.6. The molecule has 7 heteroatoms. The summed E-state index contributed by atoms with van der Waals surface area (Å²) in [6, 6.07) is 8.41. The normalized spacial score (nSPS) is 15.3. The lowest BCUT2D eigenvalue weighted by molar-refractivity contribution is -0.146. The van der Waals surface area contributed by atoms with Crippen molar-refractivity contribution in [3.05, 3.63) is 35.4 Å². The minimum atomic E-state index is -0.102. The average Bonchev–Trinajstić information content (AvgIpc) is 2.67. The number of aliphatic imine (C=N–C) groups is 1. The number of hydrogen-bond acceptors (Lipinski definition) is 4. The molecule has 0 radical (unpaired) electrons. The Bertz CT molecular complexity index is 570. The van der Waals surface area contributed by atoms with Crippen molar-refractivity contribution in [1.29, 1.82) is 0 Å². The lowest BCUT2D eigenvalue weighted by atomic mass is 9.97. The summed E-state index contributed by atoms with van der Waals surface area (Å²) in [7, 11) is 3.24. The molecule has 0 bridgehead atoms. The van der Waals surface area contributed by atoms with Gasteiger partial charge < -0.3 is 19.7 Å². The van der Waals surface area contributed by atoms with Crippen molar-refractivity contribution in [2.24, 2.45) is 10.9 Å². The number of nitrogens with one attached hydrogen (secondary N) is 1. The number of methoxy groups -OCH3 is 1. The number of carbonyl (C=O) groups excluding carboxylic acids is 1. The number of esters is 1. The third-order valence-corrected chi connectivity index (χ3v) is 4.49. The molecule has 0 amide bonds. The van der Waals surface area contributed by atoms with Gasteiger partial charge in [0.2, 0.25) is 0 Å². The molecule has 1 aliphatic heterocycles. The Morgan fingerprint density at radius 2 is 1.85 bits per heavy atom. The van der Waals surface area contributed by atoms with Crippen molar-refractivity contribution in [1.82, 2.24) is 10.2 Å². The standard InChI is InChI=1S/C19H29N3O3.HI/c1-4-25-14-16-7-5-15(6-8-16)13-21-19(20-2)22-11-9-17(10-12-22)18(23)24-3;/h5-8,17H,4,9-14H2,1-3H3,(H,20,21);1H. The van der Waals surface area contributed by atoms with Crippen LogP contribution in [0.2, 0.25) is 0 Å². The molecule has 1 saturated heterocycles. The first-order chi connectivity index (χ1) is 12.2. The predicted molar refractivity (Wildman–Crippen MR) is 114 cm³/mol. The Morgan fingerprint density at radius 3 is 2.38 bits per heavy atom. The van der Waals surface area contributed by atoms with Gasteiger partial charge in [0.1, 0.15) is 0 Å². The number of halogens is 1. The molecule has 1 aromatic rings. The van der Waals surface area contributed by atoms with Crippen LogP contribution in [0, 0.1) is 5.92 Å². The van der Waals surface area contributed by atoms with Gasteiger partial charge in [-0.15, -0.1) is 24.0 Å². The lowest BCUT2D eigenvalue weighted by Gasteiger charge is -2.33. The van der Waals surface area contributed by atoms with E-state index < -0.39 is 0 Å². The number of nitrogens with zero attached hydrogens (tertiary/aromatic N) is 2. The molecule has 1 N–H and O–H groups in total. The molecule has 1 aliphatic rings. The molecule has 0 aromatic heterocycles. The molecule has 0 atom stereocenters. The number of carbonyl (C=O) groups is 1. The number of benzene rings is 1. The van der Waals surface area contributed by atoms with Crippen LogP contribution in [0.5, 0.6) is 0 Å². The van der Waals surface area contributed by atoms with Crippen LogP contribution in [0.4, 0.5) is 0 Å². The summed E-state index contributed by atoms with van der Waals surface area (Å²) in [5.74, 6) is 0.786. The fourth-order valence-corrected chi connectivity index (χ4v) is 2.98. The summed E-state index contributed by atoms with van der Waals surface area (Å²) < 4.78 is 10.3. The number of rotatable bonds is 6. The van der Waals surface area contributed by atoms with Crippen LogP contribution >= 0.6 is 24.0 Å². The summed E-state index contributed by atoms with van der Waals surface area (Å²) in [5, 5.41) is 3.40. The van der Waals surface area contributed by atoms with Crippen molar-refractivity contribution in [3.63, 3.8) is 0 Å². The molecule has 1 fully saturated rings. The summed E-state index contributed by atoms with van der Waals surface area (Å²) in [5.41, 5.74) is 2.38. The first-order valence-electron chi connectivity index (χ1n) is 8.87. The maximum Gasteiger partial charge on any atom is 0.308 e. The van der Waals surface area contributed by atoms with Crippen LogP contribution in [0.15, 0.2) is 29.3 Å². The molecule has 0 spiro atoms. The van der Waals surface area contributed by atoms with E-state index in [-0.39, 0.29) is 35.9 Å². The van der Waals surface area contributed by atoms with Gasteiger partial charge in [-0.05, 0) is 30.9 Å². The summed E-state index contributed by atoms with van der Waals surface area (Å²) in [4.78, 5) is 18.2. The monoisotopic (exact) mass is 475 g/mol. The first-order valence-corrected chi connectivity index (χ1v) is 8.87. The third-order valence-electron chi connectivity index (χ3n) is 4.49. The zero-order valence-corrected chi connectivity index (χ0v) is 18.2. The second-order valence-electron chi connectivity index (χ2n) is 6.14. The van der Waals surface area contributed by atoms with Gasteiger partial charge in [-0.3, -0.25) is 9.79 Å². The molecule has 6 nitrogen and oxygen atoms in total. The minimum absolute atomic E-state index is 0. The van der Waals surface area contributed by atoms with E-state index >= 15 is 0 Å². The number of piperidine rings is 1. The quantitative estimate of drug-likeness (QED) is 0.297. The highest BCUT2D eigenvalue weighted by molar-refractivity contribution is 14.0. The third kappa shape index (κ3) is 6.75. The average molecular weight is 475 g/mol. The SMILES string of the molecule is CCOCc1ccc(CNC(=NC)N2CCC(C(=O)OC)CC2)cc1.I. The van der Waals surface area contributed by atoms with Gasteiger partial charge in [-0.2, -0.15) is 0 Å². The molecule has 146 valence electrons. The van der Waals surface area contributed by atoms with Crippen LogP contribution in [0.25, 0.3) is 0 Å². The molecule has 0 saturated carbocycles. The Morgan fingerprint density at radius 1 is 1.23 bits per heavy atom. The van der Waals surface area contributed by atoms with Gasteiger partial charge in [0, 0.05) is 33.3 Å². The number of ether oxygens (including phenoxy) is 2. The van der Waals surface area contributed by atoms with Crippen molar-refractivity contribution in [2.75, 3.05) is 33.9 Å². The molecular weight excluding hydrogens is 445 g/mol. The predicted octanol–water partition coefficient (Wildman–Crippen LogP) is 2.80. The van der Waals surface area contributed by atoms with Crippen LogP contribution in [0.1, 0.15) is 30.9 Å². The van der Waals surface area contributed by atoms with E-state index in [1.54, 1.807) is 7.05 Å².